The van der Waals surface area contributed by atoms with Crippen LogP contribution >= 0.6 is 0 Å². The average Bonchev–Trinajstić information content (AvgIpc) is 2.63. The number of fused-ring (bicyclic) bond motifs is 1. The summed E-state index contributed by atoms with van der Waals surface area (Å²) in [4.78, 5) is 30.1. The third-order valence-corrected chi connectivity index (χ3v) is 4.51. The Bertz CT molecular complexity index is 907. The van der Waals surface area contributed by atoms with Crippen molar-refractivity contribution in [2.45, 2.75) is 25.9 Å². The Labute approximate surface area is 160 Å². The Balaban J connectivity index is 1.68. The number of aliphatic hydroxyl groups is 1. The number of carbonyl (C=O) groups is 2. The predicted molar refractivity (Wildman–Crippen MR) is 97.4 cm³/mol. The van der Waals surface area contributed by atoms with E-state index in [0.29, 0.717) is 17.8 Å². The van der Waals surface area contributed by atoms with Crippen LogP contribution in [0.25, 0.3) is 0 Å². The first-order valence-corrected chi connectivity index (χ1v) is 8.77. The molecule has 0 saturated carbocycles. The van der Waals surface area contributed by atoms with Gasteiger partial charge in [-0.25, -0.2) is 13.6 Å². The minimum absolute atomic E-state index is 0.0847. The van der Waals surface area contributed by atoms with Crippen molar-refractivity contribution in [1.82, 2.24) is 15.2 Å². The van der Waals surface area contributed by atoms with E-state index in [1.165, 1.54) is 11.0 Å². The van der Waals surface area contributed by atoms with Crippen LogP contribution in [-0.4, -0.2) is 40.1 Å². The highest BCUT2D eigenvalue weighted by Crippen LogP contribution is 2.25. The molecule has 0 radical (unpaired) electrons. The number of aliphatic hydroxyl groups excluding tert-OH is 1. The van der Waals surface area contributed by atoms with Crippen molar-refractivity contribution >= 4 is 17.6 Å². The Morgan fingerprint density at radius 2 is 2.18 bits per heavy atom. The van der Waals surface area contributed by atoms with E-state index in [2.05, 4.69) is 15.6 Å². The molecular formula is C19H20F2N4O3. The number of benzene rings is 1. The van der Waals surface area contributed by atoms with Gasteiger partial charge in [0, 0.05) is 42.1 Å². The quantitative estimate of drug-likeness (QED) is 0.704. The number of halogens is 2. The van der Waals surface area contributed by atoms with Crippen LogP contribution in [0, 0.1) is 11.6 Å². The summed E-state index contributed by atoms with van der Waals surface area (Å²) in [6, 6.07) is 3.66. The highest BCUT2D eigenvalue weighted by molar-refractivity contribution is 5.95. The van der Waals surface area contributed by atoms with E-state index >= 15 is 0 Å². The first-order chi connectivity index (χ1) is 13.4. The molecule has 0 saturated heterocycles. The Kier molecular flexibility index (Phi) is 5.84. The normalized spacial score (nSPS) is 14.3. The topological polar surface area (TPSA) is 94.6 Å². The lowest BCUT2D eigenvalue weighted by molar-refractivity contribution is -0.122. The van der Waals surface area contributed by atoms with E-state index in [1.807, 2.05) is 0 Å². The van der Waals surface area contributed by atoms with Gasteiger partial charge in [0.1, 0.15) is 18.2 Å². The molecule has 9 heteroatoms. The first-order valence-electron chi connectivity index (χ1n) is 8.77. The van der Waals surface area contributed by atoms with Crippen LogP contribution in [0.2, 0.25) is 0 Å². The van der Waals surface area contributed by atoms with Crippen molar-refractivity contribution in [3.05, 3.63) is 58.9 Å². The molecule has 7 nitrogen and oxygen atoms in total. The molecule has 1 aromatic heterocycles. The fourth-order valence-electron chi connectivity index (χ4n) is 3.13. The average molecular weight is 390 g/mol. The van der Waals surface area contributed by atoms with Gasteiger partial charge in [0.05, 0.1) is 18.3 Å². The summed E-state index contributed by atoms with van der Waals surface area (Å²) >= 11 is 0. The predicted octanol–water partition coefficient (Wildman–Crippen LogP) is 2.12. The summed E-state index contributed by atoms with van der Waals surface area (Å²) < 4.78 is 26.9. The van der Waals surface area contributed by atoms with E-state index in [0.717, 1.165) is 17.7 Å². The minimum atomic E-state index is -0.753. The zero-order valence-corrected chi connectivity index (χ0v) is 15.2. The number of hydrogen-bond donors (Lipinski definition) is 3. The number of amides is 3. The Hall–Kier alpha value is -3.07. The molecule has 148 valence electrons. The molecule has 1 aliphatic heterocycles. The molecular weight excluding hydrogens is 370 g/mol. The number of hydrogen-bond acceptors (Lipinski definition) is 4. The molecule has 0 spiro atoms. The minimum Gasteiger partial charge on any atom is -0.396 e. The summed E-state index contributed by atoms with van der Waals surface area (Å²) in [7, 11) is 0. The molecule has 1 aromatic carbocycles. The molecule has 28 heavy (non-hydrogen) atoms. The highest BCUT2D eigenvalue weighted by Gasteiger charge is 2.27. The zero-order chi connectivity index (χ0) is 20.3. The van der Waals surface area contributed by atoms with Crippen molar-refractivity contribution in [2.75, 3.05) is 18.5 Å². The first kappa shape index (κ1) is 19.7. The number of aromatic nitrogens is 1. The van der Waals surface area contributed by atoms with Gasteiger partial charge >= 0.3 is 6.03 Å². The van der Waals surface area contributed by atoms with Crippen LogP contribution in [0.4, 0.5) is 19.3 Å². The van der Waals surface area contributed by atoms with Crippen LogP contribution < -0.4 is 10.6 Å². The van der Waals surface area contributed by atoms with Gasteiger partial charge in [-0.05, 0) is 19.1 Å². The van der Waals surface area contributed by atoms with Crippen LogP contribution in [0.15, 0.2) is 30.5 Å². The summed E-state index contributed by atoms with van der Waals surface area (Å²) in [6.07, 6.45) is 1.88. The molecule has 0 unspecified atom stereocenters. The third-order valence-electron chi connectivity index (χ3n) is 4.51. The second kappa shape index (κ2) is 8.30. The van der Waals surface area contributed by atoms with Crippen molar-refractivity contribution in [3.8, 4) is 0 Å². The second-order valence-corrected chi connectivity index (χ2v) is 6.50. The molecule has 0 bridgehead atoms. The Morgan fingerprint density at radius 1 is 1.39 bits per heavy atom. The van der Waals surface area contributed by atoms with Gasteiger partial charge in [-0.2, -0.15) is 0 Å². The maximum Gasteiger partial charge on any atom is 0.322 e. The molecule has 1 aliphatic rings. The summed E-state index contributed by atoms with van der Waals surface area (Å²) in [6.45, 7) is 1.41. The fraction of sp³-hybridized carbons (Fsp3) is 0.316. The lowest BCUT2D eigenvalue weighted by Crippen LogP contribution is -2.45. The van der Waals surface area contributed by atoms with Gasteiger partial charge in [-0.1, -0.05) is 6.07 Å². The molecule has 0 fully saturated rings. The number of carbonyl (C=O) groups excluding carboxylic acids is 2. The largest absolute Gasteiger partial charge is 0.396 e. The number of urea groups is 1. The monoisotopic (exact) mass is 390 g/mol. The molecule has 3 amide bonds. The van der Waals surface area contributed by atoms with Gasteiger partial charge in [0.15, 0.2) is 0 Å². The number of rotatable bonds is 6. The van der Waals surface area contributed by atoms with E-state index in [4.69, 9.17) is 0 Å². The number of anilines is 1. The van der Waals surface area contributed by atoms with Crippen molar-refractivity contribution in [1.29, 1.82) is 0 Å². The van der Waals surface area contributed by atoms with Crippen LogP contribution in [0.5, 0.6) is 0 Å². The standard InChI is InChI=1S/C19H20F2N4O3/c1-11(13-3-2-12(20)8-15(13)21)23-18(27)10-25-9-14-16(5-7-26)22-6-4-17(14)24-19(25)28/h2-4,6,8,11,26H,5,7,9-10H2,1H3,(H,23,27)(H,24,28)/t11-/m0/s1. The SMILES string of the molecule is C[C@H](NC(=O)CN1Cc2c(ccnc2CCO)NC1=O)c1ccc(F)cc1F. The van der Waals surface area contributed by atoms with Crippen molar-refractivity contribution in [2.24, 2.45) is 0 Å². The van der Waals surface area contributed by atoms with E-state index < -0.39 is 29.6 Å². The summed E-state index contributed by atoms with van der Waals surface area (Å²) in [5, 5.41) is 14.5. The summed E-state index contributed by atoms with van der Waals surface area (Å²) in [5.74, 6) is -1.93. The smallest absolute Gasteiger partial charge is 0.322 e. The van der Waals surface area contributed by atoms with Crippen LogP contribution in [0.1, 0.15) is 29.8 Å². The second-order valence-electron chi connectivity index (χ2n) is 6.50. The maximum atomic E-state index is 13.9. The van der Waals surface area contributed by atoms with Gasteiger partial charge in [-0.15, -0.1) is 0 Å². The fourth-order valence-corrected chi connectivity index (χ4v) is 3.13. The molecule has 0 aliphatic carbocycles. The number of pyridine rings is 1. The van der Waals surface area contributed by atoms with Gasteiger partial charge < -0.3 is 20.6 Å². The Morgan fingerprint density at radius 3 is 2.89 bits per heavy atom. The third kappa shape index (κ3) is 4.25. The molecule has 2 heterocycles. The molecule has 1 atom stereocenters. The number of nitrogens with zero attached hydrogens (tertiary/aromatic N) is 2. The van der Waals surface area contributed by atoms with E-state index in [9.17, 15) is 23.5 Å². The van der Waals surface area contributed by atoms with Crippen LogP contribution in [-0.2, 0) is 17.8 Å². The lowest BCUT2D eigenvalue weighted by atomic mass is 10.1. The number of nitrogens with one attached hydrogen (secondary N) is 2. The zero-order valence-electron chi connectivity index (χ0n) is 15.2. The van der Waals surface area contributed by atoms with E-state index in [1.54, 1.807) is 19.2 Å². The van der Waals surface area contributed by atoms with Gasteiger partial charge in [0.2, 0.25) is 5.91 Å². The lowest BCUT2D eigenvalue weighted by Gasteiger charge is -2.30. The van der Waals surface area contributed by atoms with Crippen molar-refractivity contribution < 1.29 is 23.5 Å². The van der Waals surface area contributed by atoms with Crippen LogP contribution in [0.3, 0.4) is 0 Å². The van der Waals surface area contributed by atoms with Gasteiger partial charge in [0.25, 0.3) is 0 Å². The maximum absolute atomic E-state index is 13.9. The molecule has 2 aromatic rings. The van der Waals surface area contributed by atoms with E-state index in [-0.39, 0.29) is 25.3 Å². The van der Waals surface area contributed by atoms with Crippen molar-refractivity contribution in [3.63, 3.8) is 0 Å². The highest BCUT2D eigenvalue weighted by atomic mass is 19.1. The summed E-state index contributed by atoms with van der Waals surface area (Å²) in [5.41, 5.74) is 2.13. The molecule has 3 N–H and O–H groups in total. The van der Waals surface area contributed by atoms with Gasteiger partial charge in [-0.3, -0.25) is 9.78 Å². The molecule has 3 rings (SSSR count).